The van der Waals surface area contributed by atoms with Gasteiger partial charge >= 0.3 is 0 Å². The summed E-state index contributed by atoms with van der Waals surface area (Å²) >= 11 is 3.43. The zero-order valence-electron chi connectivity index (χ0n) is 11.8. The molecule has 4 rings (SSSR count). The van der Waals surface area contributed by atoms with Gasteiger partial charge in [0.15, 0.2) is 0 Å². The molecule has 2 aromatic carbocycles. The molecule has 0 radical (unpaired) electrons. The standard InChI is InChI=1S/C9H9NS.C9H5NS/c2*10-6-7-2-1-3-9-8(7)4-5-11-9/h1-5H,6,10H2;1-5H. The van der Waals surface area contributed by atoms with Crippen LogP contribution < -0.4 is 5.73 Å². The molecule has 0 aliphatic rings. The third-order valence-corrected chi connectivity index (χ3v) is 5.19. The van der Waals surface area contributed by atoms with Gasteiger partial charge in [0.2, 0.25) is 0 Å². The number of fused-ring (bicyclic) bond motifs is 2. The second-order valence-electron chi connectivity index (χ2n) is 4.70. The number of benzene rings is 2. The monoisotopic (exact) mass is 322 g/mol. The van der Waals surface area contributed by atoms with Crippen LogP contribution in [-0.4, -0.2) is 0 Å². The normalized spacial score (nSPS) is 10.2. The van der Waals surface area contributed by atoms with E-state index in [4.69, 9.17) is 11.0 Å². The van der Waals surface area contributed by atoms with E-state index in [2.05, 4.69) is 35.7 Å². The largest absolute Gasteiger partial charge is 0.326 e. The van der Waals surface area contributed by atoms with Crippen LogP contribution in [0.1, 0.15) is 11.1 Å². The van der Waals surface area contributed by atoms with Gasteiger partial charge in [-0.3, -0.25) is 0 Å². The van der Waals surface area contributed by atoms with Gasteiger partial charge in [-0.15, -0.1) is 22.7 Å². The van der Waals surface area contributed by atoms with Crippen LogP contribution in [0.15, 0.2) is 59.3 Å². The SMILES string of the molecule is N#Cc1cccc2sccc12.NCc1cccc2sccc12. The van der Waals surface area contributed by atoms with E-state index in [1.165, 1.54) is 20.3 Å². The Kier molecular flexibility index (Phi) is 4.50. The zero-order valence-corrected chi connectivity index (χ0v) is 13.5. The fraction of sp³-hybridized carbons (Fsp3) is 0.0556. The van der Waals surface area contributed by atoms with Gasteiger partial charge in [-0.05, 0) is 52.0 Å². The van der Waals surface area contributed by atoms with Crippen molar-refractivity contribution in [1.29, 1.82) is 5.26 Å². The molecule has 22 heavy (non-hydrogen) atoms. The van der Waals surface area contributed by atoms with E-state index in [-0.39, 0.29) is 0 Å². The Hall–Kier alpha value is -2.19. The first kappa shape index (κ1) is 14.7. The topological polar surface area (TPSA) is 49.8 Å². The number of nitrogens with zero attached hydrogens (tertiary/aromatic N) is 1. The molecule has 0 bridgehead atoms. The Morgan fingerprint density at radius 3 is 2.18 bits per heavy atom. The summed E-state index contributed by atoms with van der Waals surface area (Å²) in [5.74, 6) is 0. The van der Waals surface area contributed by atoms with E-state index in [0.29, 0.717) is 6.54 Å². The Balaban J connectivity index is 0.000000131. The first-order chi connectivity index (χ1) is 10.8. The minimum Gasteiger partial charge on any atom is -0.326 e. The smallest absolute Gasteiger partial charge is 0.0998 e. The second kappa shape index (κ2) is 6.71. The van der Waals surface area contributed by atoms with Crippen molar-refractivity contribution in [1.82, 2.24) is 0 Å². The fourth-order valence-electron chi connectivity index (χ4n) is 2.33. The molecule has 4 heteroatoms. The van der Waals surface area contributed by atoms with Gasteiger partial charge in [0.1, 0.15) is 0 Å². The van der Waals surface area contributed by atoms with Gasteiger partial charge in [-0.2, -0.15) is 5.26 Å². The minimum atomic E-state index is 0.633. The van der Waals surface area contributed by atoms with Crippen molar-refractivity contribution in [2.45, 2.75) is 6.54 Å². The minimum absolute atomic E-state index is 0.633. The lowest BCUT2D eigenvalue weighted by Gasteiger charge is -1.96. The zero-order chi connectivity index (χ0) is 15.4. The van der Waals surface area contributed by atoms with E-state index >= 15 is 0 Å². The van der Waals surface area contributed by atoms with Crippen LogP contribution in [0.3, 0.4) is 0 Å². The number of hydrogen-bond donors (Lipinski definition) is 1. The van der Waals surface area contributed by atoms with Gasteiger partial charge in [0.05, 0.1) is 11.6 Å². The molecule has 0 aliphatic carbocycles. The molecule has 0 spiro atoms. The van der Waals surface area contributed by atoms with Gasteiger partial charge in [0.25, 0.3) is 0 Å². The van der Waals surface area contributed by atoms with Gasteiger partial charge in [-0.25, -0.2) is 0 Å². The van der Waals surface area contributed by atoms with E-state index in [0.717, 1.165) is 10.9 Å². The summed E-state index contributed by atoms with van der Waals surface area (Å²) in [6, 6.07) is 18.3. The number of thiophene rings is 2. The van der Waals surface area contributed by atoms with Crippen LogP contribution in [0.25, 0.3) is 20.2 Å². The first-order valence-electron chi connectivity index (χ1n) is 6.85. The highest BCUT2D eigenvalue weighted by atomic mass is 32.1. The Morgan fingerprint density at radius 1 is 0.864 bits per heavy atom. The molecule has 0 fully saturated rings. The average Bonchev–Trinajstić information content (AvgIpc) is 3.23. The van der Waals surface area contributed by atoms with Crippen molar-refractivity contribution in [3.63, 3.8) is 0 Å². The molecule has 2 nitrogen and oxygen atoms in total. The summed E-state index contributed by atoms with van der Waals surface area (Å²) in [6.07, 6.45) is 0. The Morgan fingerprint density at radius 2 is 1.50 bits per heavy atom. The van der Waals surface area contributed by atoms with Crippen LogP contribution in [0.2, 0.25) is 0 Å². The van der Waals surface area contributed by atoms with Crippen molar-refractivity contribution in [2.75, 3.05) is 0 Å². The maximum atomic E-state index is 8.71. The fourth-order valence-corrected chi connectivity index (χ4v) is 3.97. The number of nitriles is 1. The quantitative estimate of drug-likeness (QED) is 0.528. The molecule has 0 unspecified atom stereocenters. The molecule has 2 heterocycles. The first-order valence-corrected chi connectivity index (χ1v) is 8.61. The molecule has 0 aliphatic heterocycles. The van der Waals surface area contributed by atoms with E-state index in [1.54, 1.807) is 22.7 Å². The highest BCUT2D eigenvalue weighted by molar-refractivity contribution is 7.17. The molecule has 0 saturated heterocycles. The summed E-state index contributed by atoms with van der Waals surface area (Å²) in [6.45, 7) is 0.633. The van der Waals surface area contributed by atoms with Crippen LogP contribution in [0, 0.1) is 11.3 Å². The van der Waals surface area contributed by atoms with Crippen molar-refractivity contribution in [2.24, 2.45) is 5.73 Å². The molecule has 2 aromatic heterocycles. The Bertz CT molecular complexity index is 944. The van der Waals surface area contributed by atoms with Crippen LogP contribution in [-0.2, 0) is 6.54 Å². The summed E-state index contributed by atoms with van der Waals surface area (Å²) in [5.41, 5.74) is 7.59. The predicted molar refractivity (Wildman–Crippen MR) is 96.3 cm³/mol. The van der Waals surface area contributed by atoms with Gasteiger partial charge < -0.3 is 5.73 Å². The van der Waals surface area contributed by atoms with Crippen LogP contribution in [0.5, 0.6) is 0 Å². The highest BCUT2D eigenvalue weighted by Crippen LogP contribution is 2.24. The molecule has 0 amide bonds. The van der Waals surface area contributed by atoms with E-state index < -0.39 is 0 Å². The predicted octanol–water partition coefficient (Wildman–Crippen LogP) is 5.13. The lowest BCUT2D eigenvalue weighted by molar-refractivity contribution is 1.09. The molecule has 2 N–H and O–H groups in total. The second-order valence-corrected chi connectivity index (χ2v) is 6.60. The van der Waals surface area contributed by atoms with E-state index in [1.807, 2.05) is 29.6 Å². The van der Waals surface area contributed by atoms with Crippen LogP contribution in [0.4, 0.5) is 0 Å². The highest BCUT2D eigenvalue weighted by Gasteiger charge is 1.99. The van der Waals surface area contributed by atoms with E-state index in [9.17, 15) is 0 Å². The van der Waals surface area contributed by atoms with Crippen LogP contribution >= 0.6 is 22.7 Å². The third kappa shape index (κ3) is 2.88. The molecule has 108 valence electrons. The van der Waals surface area contributed by atoms with Gasteiger partial charge in [0, 0.05) is 21.3 Å². The Labute approximate surface area is 137 Å². The third-order valence-electron chi connectivity index (χ3n) is 3.42. The molecular weight excluding hydrogens is 308 g/mol. The lowest BCUT2D eigenvalue weighted by atomic mass is 10.1. The number of rotatable bonds is 1. The molecular formula is C18H14N2S2. The maximum Gasteiger partial charge on any atom is 0.0998 e. The molecule has 0 atom stereocenters. The summed E-state index contributed by atoms with van der Waals surface area (Å²) in [5, 5.41) is 15.2. The lowest BCUT2D eigenvalue weighted by Crippen LogP contribution is -1.95. The molecule has 4 aromatic rings. The molecule has 0 saturated carbocycles. The van der Waals surface area contributed by atoms with Crippen molar-refractivity contribution < 1.29 is 0 Å². The summed E-state index contributed by atoms with van der Waals surface area (Å²) < 4.78 is 2.51. The van der Waals surface area contributed by atoms with Crippen molar-refractivity contribution in [3.8, 4) is 6.07 Å². The summed E-state index contributed by atoms with van der Waals surface area (Å²) in [4.78, 5) is 0. The number of nitrogens with two attached hydrogens (primary N) is 1. The van der Waals surface area contributed by atoms with Gasteiger partial charge in [-0.1, -0.05) is 18.2 Å². The maximum absolute atomic E-state index is 8.71. The van der Waals surface area contributed by atoms with Crippen molar-refractivity contribution >= 4 is 42.8 Å². The van der Waals surface area contributed by atoms with Crippen molar-refractivity contribution in [3.05, 3.63) is 70.4 Å². The summed E-state index contributed by atoms with van der Waals surface area (Å²) in [7, 11) is 0. The number of hydrogen-bond acceptors (Lipinski definition) is 4. The average molecular weight is 322 g/mol.